The van der Waals surface area contributed by atoms with E-state index in [-0.39, 0.29) is 11.6 Å². The molecule has 2 aromatic carbocycles. The van der Waals surface area contributed by atoms with Gasteiger partial charge in [0.05, 0.1) is 29.4 Å². The molecule has 0 spiro atoms. The number of hydrogen-bond donors (Lipinski definition) is 0. The van der Waals surface area contributed by atoms with E-state index in [4.69, 9.17) is 5.10 Å². The molecule has 5 rings (SSSR count). The van der Waals surface area contributed by atoms with Gasteiger partial charge in [0, 0.05) is 35.2 Å². The second kappa shape index (κ2) is 7.49. The van der Waals surface area contributed by atoms with Crippen LogP contribution in [-0.2, 0) is 13.1 Å². The molecule has 8 nitrogen and oxygen atoms in total. The van der Waals surface area contributed by atoms with Gasteiger partial charge in [-0.1, -0.05) is 18.2 Å². The first-order valence-electron chi connectivity index (χ1n) is 10.3. The lowest BCUT2D eigenvalue weighted by molar-refractivity contribution is -0.385. The average molecular weight is 427 g/mol. The fourth-order valence-electron chi connectivity index (χ4n) is 4.15. The highest BCUT2D eigenvalue weighted by molar-refractivity contribution is 5.95. The van der Waals surface area contributed by atoms with Crippen LogP contribution in [0.15, 0.2) is 67.0 Å². The maximum Gasteiger partial charge on any atom is 0.273 e. The topological polar surface area (TPSA) is 86.2 Å². The molecule has 1 aliphatic rings. The van der Waals surface area contributed by atoms with Crippen molar-refractivity contribution < 1.29 is 9.72 Å². The van der Waals surface area contributed by atoms with Crippen molar-refractivity contribution in [1.82, 2.24) is 19.2 Å². The largest absolute Gasteiger partial charge is 0.328 e. The first kappa shape index (κ1) is 19.7. The van der Waals surface area contributed by atoms with Gasteiger partial charge in [0.1, 0.15) is 5.82 Å². The van der Waals surface area contributed by atoms with Gasteiger partial charge >= 0.3 is 0 Å². The normalized spacial score (nSPS) is 12.8. The van der Waals surface area contributed by atoms with Crippen molar-refractivity contribution in [2.75, 3.05) is 0 Å². The third kappa shape index (κ3) is 3.26. The van der Waals surface area contributed by atoms with Gasteiger partial charge in [0.2, 0.25) is 0 Å². The Morgan fingerprint density at radius 1 is 1.03 bits per heavy atom. The van der Waals surface area contributed by atoms with Crippen LogP contribution in [0.4, 0.5) is 5.69 Å². The average Bonchev–Trinajstić information content (AvgIpc) is 3.49. The number of benzene rings is 2. The molecule has 2 aromatic heterocycles. The zero-order valence-corrected chi connectivity index (χ0v) is 17.7. The Bertz CT molecular complexity index is 1350. The summed E-state index contributed by atoms with van der Waals surface area (Å²) < 4.78 is 3.91. The monoisotopic (exact) mass is 427 g/mol. The molecule has 0 bridgehead atoms. The van der Waals surface area contributed by atoms with Crippen LogP contribution in [0.5, 0.6) is 0 Å². The lowest BCUT2D eigenvalue weighted by Crippen LogP contribution is -2.26. The second-order valence-electron chi connectivity index (χ2n) is 8.01. The smallest absolute Gasteiger partial charge is 0.273 e. The molecule has 0 saturated heterocycles. The van der Waals surface area contributed by atoms with Crippen LogP contribution in [0.1, 0.15) is 32.7 Å². The number of carbonyl (C=O) groups excluding carboxylic acids is 1. The molecule has 160 valence electrons. The number of aryl methyl sites for hydroxylation is 2. The zero-order valence-electron chi connectivity index (χ0n) is 17.7. The first-order valence-corrected chi connectivity index (χ1v) is 10.3. The van der Waals surface area contributed by atoms with Gasteiger partial charge in [-0.05, 0) is 49.7 Å². The molecule has 0 unspecified atom stereocenters. The van der Waals surface area contributed by atoms with Gasteiger partial charge < -0.3 is 9.47 Å². The summed E-state index contributed by atoms with van der Waals surface area (Å²) in [6.45, 7) is 4.44. The lowest BCUT2D eigenvalue weighted by atomic mass is 10.1. The van der Waals surface area contributed by atoms with E-state index in [1.807, 2.05) is 58.9 Å². The molecule has 4 aromatic rings. The van der Waals surface area contributed by atoms with Gasteiger partial charge in [-0.25, -0.2) is 4.68 Å². The van der Waals surface area contributed by atoms with E-state index < -0.39 is 4.92 Å². The van der Waals surface area contributed by atoms with Gasteiger partial charge in [0.15, 0.2) is 0 Å². The van der Waals surface area contributed by atoms with E-state index in [2.05, 4.69) is 6.07 Å². The van der Waals surface area contributed by atoms with Crippen LogP contribution >= 0.6 is 0 Å². The Balaban J connectivity index is 1.52. The molecule has 8 heteroatoms. The highest BCUT2D eigenvalue weighted by Gasteiger charge is 2.32. The highest BCUT2D eigenvalue weighted by Crippen LogP contribution is 2.32. The SMILES string of the molecule is Cc1cccc(-n2nc3c(c2-n2cccc2)CN(C(=O)c2ccc(C)c([N+](=O)[O-])c2)C3)c1. The summed E-state index contributed by atoms with van der Waals surface area (Å²) in [4.78, 5) is 25.7. The molecule has 0 aliphatic carbocycles. The second-order valence-corrected chi connectivity index (χ2v) is 8.01. The number of carbonyl (C=O) groups is 1. The molecule has 0 saturated carbocycles. The van der Waals surface area contributed by atoms with Crippen molar-refractivity contribution in [2.45, 2.75) is 26.9 Å². The minimum atomic E-state index is -0.457. The van der Waals surface area contributed by atoms with Crippen LogP contribution in [0.2, 0.25) is 0 Å². The summed E-state index contributed by atoms with van der Waals surface area (Å²) in [6.07, 6.45) is 3.91. The Morgan fingerprint density at radius 3 is 2.53 bits per heavy atom. The number of amides is 1. The van der Waals surface area contributed by atoms with Crippen LogP contribution in [0.3, 0.4) is 0 Å². The third-order valence-corrected chi connectivity index (χ3v) is 5.76. The van der Waals surface area contributed by atoms with E-state index in [1.165, 1.54) is 6.07 Å². The van der Waals surface area contributed by atoms with Crippen molar-refractivity contribution in [2.24, 2.45) is 0 Å². The van der Waals surface area contributed by atoms with Crippen molar-refractivity contribution in [1.29, 1.82) is 0 Å². The van der Waals surface area contributed by atoms with Gasteiger partial charge in [-0.2, -0.15) is 5.10 Å². The number of nitro benzene ring substituents is 1. The fourth-order valence-corrected chi connectivity index (χ4v) is 4.15. The molecule has 0 fully saturated rings. The molecule has 0 radical (unpaired) electrons. The van der Waals surface area contributed by atoms with Crippen molar-refractivity contribution in [3.8, 4) is 11.5 Å². The molecule has 0 atom stereocenters. The first-order chi connectivity index (χ1) is 15.4. The van der Waals surface area contributed by atoms with E-state index in [1.54, 1.807) is 24.0 Å². The third-order valence-electron chi connectivity index (χ3n) is 5.76. The number of hydrogen-bond acceptors (Lipinski definition) is 4. The summed E-state index contributed by atoms with van der Waals surface area (Å²) in [7, 11) is 0. The number of fused-ring (bicyclic) bond motifs is 1. The summed E-state index contributed by atoms with van der Waals surface area (Å²) in [5, 5.41) is 16.1. The predicted molar refractivity (Wildman–Crippen MR) is 119 cm³/mol. The summed E-state index contributed by atoms with van der Waals surface area (Å²) in [6, 6.07) is 16.6. The van der Waals surface area contributed by atoms with Gasteiger partial charge in [-0.15, -0.1) is 0 Å². The molecule has 1 aliphatic heterocycles. The number of nitrogens with zero attached hydrogens (tertiary/aromatic N) is 5. The van der Waals surface area contributed by atoms with E-state index in [0.717, 1.165) is 28.3 Å². The van der Waals surface area contributed by atoms with E-state index in [0.29, 0.717) is 24.2 Å². The molecule has 1 amide bonds. The summed E-state index contributed by atoms with van der Waals surface area (Å²) in [5.74, 6) is 0.646. The maximum absolute atomic E-state index is 13.2. The Hall–Kier alpha value is -4.20. The standard InChI is InChI=1S/C24H21N5O3/c1-16-6-5-7-19(12-16)28-23(26-10-3-4-11-26)20-14-27(15-21(20)25-28)24(30)18-9-8-17(2)22(13-18)29(31)32/h3-13H,14-15H2,1-2H3. The minimum absolute atomic E-state index is 0.0505. The number of nitro groups is 1. The van der Waals surface area contributed by atoms with E-state index >= 15 is 0 Å². The fraction of sp³-hybridized carbons (Fsp3) is 0.167. The van der Waals surface area contributed by atoms with E-state index in [9.17, 15) is 14.9 Å². The number of aromatic nitrogens is 3. The molecule has 32 heavy (non-hydrogen) atoms. The Labute approximate surface area is 184 Å². The predicted octanol–water partition coefficient (Wildman–Crippen LogP) is 4.34. The Morgan fingerprint density at radius 2 is 1.81 bits per heavy atom. The zero-order chi connectivity index (χ0) is 22.4. The van der Waals surface area contributed by atoms with Crippen molar-refractivity contribution in [3.63, 3.8) is 0 Å². The summed E-state index contributed by atoms with van der Waals surface area (Å²) >= 11 is 0. The van der Waals surface area contributed by atoms with Crippen molar-refractivity contribution in [3.05, 3.63) is 105 Å². The Kier molecular flexibility index (Phi) is 4.62. The highest BCUT2D eigenvalue weighted by atomic mass is 16.6. The minimum Gasteiger partial charge on any atom is -0.328 e. The van der Waals surface area contributed by atoms with Gasteiger partial charge in [0.25, 0.3) is 11.6 Å². The molecule has 0 N–H and O–H groups in total. The van der Waals surface area contributed by atoms with Crippen LogP contribution in [0.25, 0.3) is 11.5 Å². The van der Waals surface area contributed by atoms with Crippen LogP contribution in [0, 0.1) is 24.0 Å². The molecular formula is C24H21N5O3. The quantitative estimate of drug-likeness (QED) is 0.358. The van der Waals surface area contributed by atoms with Gasteiger partial charge in [-0.3, -0.25) is 14.9 Å². The summed E-state index contributed by atoms with van der Waals surface area (Å²) in [5.41, 5.74) is 4.67. The maximum atomic E-state index is 13.2. The molecular weight excluding hydrogens is 406 g/mol. The van der Waals surface area contributed by atoms with Crippen molar-refractivity contribution >= 4 is 11.6 Å². The van der Waals surface area contributed by atoms with Crippen LogP contribution < -0.4 is 0 Å². The molecule has 3 heterocycles. The van der Waals surface area contributed by atoms with Crippen LogP contribution in [-0.4, -0.2) is 30.1 Å². The number of rotatable bonds is 4. The lowest BCUT2D eigenvalue weighted by Gasteiger charge is -2.18.